The number of aromatic nitrogens is 3. The summed E-state index contributed by atoms with van der Waals surface area (Å²) in [5.74, 6) is 0.945. The first-order valence-electron chi connectivity index (χ1n) is 8.15. The molecule has 1 saturated heterocycles. The number of hydrogen-bond acceptors (Lipinski definition) is 5. The average molecular weight is 339 g/mol. The zero-order valence-corrected chi connectivity index (χ0v) is 14.9. The maximum absolute atomic E-state index is 12.1. The Morgan fingerprint density at radius 2 is 2.13 bits per heavy atom. The molecule has 1 aromatic heterocycles. The molecule has 2 amide bonds. The third kappa shape index (κ3) is 4.46. The molecule has 0 unspecified atom stereocenters. The molecule has 0 saturated carbocycles. The zero-order valence-electron chi connectivity index (χ0n) is 14.0. The van der Waals surface area contributed by atoms with Gasteiger partial charge in [-0.1, -0.05) is 18.2 Å². The van der Waals surface area contributed by atoms with Gasteiger partial charge in [-0.25, -0.2) is 0 Å². The molecule has 1 atom stereocenters. The molecule has 2 heterocycles. The van der Waals surface area contributed by atoms with Gasteiger partial charge in [-0.05, 0) is 26.7 Å². The van der Waals surface area contributed by atoms with Gasteiger partial charge in [-0.2, -0.15) is 0 Å². The van der Waals surface area contributed by atoms with Gasteiger partial charge in [-0.15, -0.1) is 10.2 Å². The predicted octanol–water partition coefficient (Wildman–Crippen LogP) is 1.43. The molecule has 2 rings (SSSR count). The quantitative estimate of drug-likeness (QED) is 0.793. The zero-order chi connectivity index (χ0) is 16.8. The fourth-order valence-electron chi connectivity index (χ4n) is 2.63. The molecule has 7 nitrogen and oxygen atoms in total. The summed E-state index contributed by atoms with van der Waals surface area (Å²) < 4.78 is 1.99. The van der Waals surface area contributed by atoms with E-state index in [1.807, 2.05) is 23.3 Å². The largest absolute Gasteiger partial charge is 0.358 e. The van der Waals surface area contributed by atoms with Crippen molar-refractivity contribution in [1.82, 2.24) is 25.0 Å². The Hall–Kier alpha value is -1.57. The van der Waals surface area contributed by atoms with Crippen LogP contribution in [0.4, 0.5) is 0 Å². The minimum absolute atomic E-state index is 0.0371. The van der Waals surface area contributed by atoms with Crippen LogP contribution >= 0.6 is 11.8 Å². The molecule has 1 aliphatic heterocycles. The van der Waals surface area contributed by atoms with Crippen molar-refractivity contribution in [3.8, 4) is 0 Å². The first-order chi connectivity index (χ1) is 11.1. The molecule has 0 bridgehead atoms. The van der Waals surface area contributed by atoms with Gasteiger partial charge < -0.3 is 14.8 Å². The van der Waals surface area contributed by atoms with Gasteiger partial charge in [0.2, 0.25) is 11.8 Å². The number of carbonyl (C=O) groups excluding carboxylic acids is 2. The second-order valence-corrected chi connectivity index (χ2v) is 6.95. The molecule has 1 fully saturated rings. The Labute approximate surface area is 141 Å². The third-order valence-corrected chi connectivity index (χ3v) is 5.09. The molecular formula is C15H25N5O2S. The van der Waals surface area contributed by atoms with Crippen LogP contribution in [0.5, 0.6) is 0 Å². The molecular weight excluding hydrogens is 314 g/mol. The van der Waals surface area contributed by atoms with Crippen LogP contribution < -0.4 is 5.32 Å². The highest BCUT2D eigenvalue weighted by molar-refractivity contribution is 8.00. The van der Waals surface area contributed by atoms with E-state index in [4.69, 9.17) is 0 Å². The molecule has 128 valence electrons. The minimum Gasteiger partial charge on any atom is -0.358 e. The lowest BCUT2D eigenvalue weighted by Crippen LogP contribution is -2.31. The molecule has 8 heteroatoms. The van der Waals surface area contributed by atoms with Crippen LogP contribution in [0.15, 0.2) is 5.16 Å². The van der Waals surface area contributed by atoms with Gasteiger partial charge in [-0.3, -0.25) is 9.59 Å². The van der Waals surface area contributed by atoms with E-state index in [2.05, 4.69) is 15.5 Å². The topological polar surface area (TPSA) is 80.1 Å². The lowest BCUT2D eigenvalue weighted by Gasteiger charge is -2.20. The van der Waals surface area contributed by atoms with E-state index in [0.29, 0.717) is 19.5 Å². The van der Waals surface area contributed by atoms with Gasteiger partial charge in [0.15, 0.2) is 11.0 Å². The van der Waals surface area contributed by atoms with Crippen LogP contribution in [-0.2, 0) is 22.7 Å². The van der Waals surface area contributed by atoms with E-state index in [1.165, 1.54) is 11.8 Å². The van der Waals surface area contributed by atoms with Gasteiger partial charge >= 0.3 is 0 Å². The molecule has 1 aliphatic rings. The highest BCUT2D eigenvalue weighted by Crippen LogP contribution is 2.23. The second kappa shape index (κ2) is 8.33. The molecule has 0 aliphatic carbocycles. The van der Waals surface area contributed by atoms with Crippen LogP contribution in [0.2, 0.25) is 0 Å². The van der Waals surface area contributed by atoms with Crippen LogP contribution in [0.1, 0.15) is 45.4 Å². The monoisotopic (exact) mass is 339 g/mol. The van der Waals surface area contributed by atoms with Crippen molar-refractivity contribution in [2.75, 3.05) is 13.6 Å². The summed E-state index contributed by atoms with van der Waals surface area (Å²) in [5, 5.41) is 11.6. The summed E-state index contributed by atoms with van der Waals surface area (Å²) in [6, 6.07) is 0. The van der Waals surface area contributed by atoms with E-state index in [1.54, 1.807) is 7.05 Å². The maximum Gasteiger partial charge on any atom is 0.233 e. The Kier molecular flexibility index (Phi) is 6.44. The lowest BCUT2D eigenvalue weighted by molar-refractivity contribution is -0.131. The van der Waals surface area contributed by atoms with Crippen molar-refractivity contribution < 1.29 is 9.59 Å². The van der Waals surface area contributed by atoms with Gasteiger partial charge in [0.25, 0.3) is 0 Å². The van der Waals surface area contributed by atoms with Crippen LogP contribution in [-0.4, -0.2) is 50.3 Å². The number of thioether (sulfide) groups is 1. The summed E-state index contributed by atoms with van der Waals surface area (Å²) in [4.78, 5) is 25.7. The molecule has 0 aromatic carbocycles. The normalized spacial score (nSPS) is 17.0. The number of likely N-dealkylation sites (tertiary alicyclic amines) is 1. The number of carbonyl (C=O) groups is 2. The van der Waals surface area contributed by atoms with E-state index in [0.717, 1.165) is 36.8 Å². The first kappa shape index (κ1) is 17.8. The van der Waals surface area contributed by atoms with E-state index in [9.17, 15) is 9.59 Å². The van der Waals surface area contributed by atoms with E-state index >= 15 is 0 Å². The van der Waals surface area contributed by atoms with Crippen molar-refractivity contribution >= 4 is 23.6 Å². The predicted molar refractivity (Wildman–Crippen MR) is 89.0 cm³/mol. The summed E-state index contributed by atoms with van der Waals surface area (Å²) in [6.45, 7) is 5.86. The number of rotatable bonds is 6. The Balaban J connectivity index is 2.10. The lowest BCUT2D eigenvalue weighted by atomic mass is 10.2. The summed E-state index contributed by atoms with van der Waals surface area (Å²) >= 11 is 1.39. The van der Waals surface area contributed by atoms with Crippen molar-refractivity contribution in [1.29, 1.82) is 0 Å². The molecule has 23 heavy (non-hydrogen) atoms. The SMILES string of the molecule is CCn1c(CN2CCCCCC2=O)nnc1S[C@H](C)C(=O)NC. The highest BCUT2D eigenvalue weighted by Gasteiger charge is 2.22. The van der Waals surface area contributed by atoms with Gasteiger partial charge in [0.05, 0.1) is 11.8 Å². The molecule has 0 spiro atoms. The number of nitrogens with one attached hydrogen (secondary N) is 1. The fourth-order valence-corrected chi connectivity index (χ4v) is 3.62. The summed E-state index contributed by atoms with van der Waals surface area (Å²) in [7, 11) is 1.63. The minimum atomic E-state index is -0.234. The van der Waals surface area contributed by atoms with Gasteiger partial charge in [0.1, 0.15) is 0 Å². The Morgan fingerprint density at radius 1 is 1.35 bits per heavy atom. The van der Waals surface area contributed by atoms with Crippen molar-refractivity contribution in [2.45, 2.75) is 63.0 Å². The number of hydrogen-bond donors (Lipinski definition) is 1. The smallest absolute Gasteiger partial charge is 0.233 e. The third-order valence-electron chi connectivity index (χ3n) is 4.01. The Morgan fingerprint density at radius 3 is 2.83 bits per heavy atom. The number of amides is 2. The average Bonchev–Trinajstić information content (AvgIpc) is 2.81. The van der Waals surface area contributed by atoms with Crippen molar-refractivity contribution in [3.63, 3.8) is 0 Å². The second-order valence-electron chi connectivity index (χ2n) is 5.64. The fraction of sp³-hybridized carbons (Fsp3) is 0.733. The first-order valence-corrected chi connectivity index (χ1v) is 9.02. The van der Waals surface area contributed by atoms with E-state index in [-0.39, 0.29) is 17.1 Å². The van der Waals surface area contributed by atoms with Gasteiger partial charge in [0, 0.05) is 26.6 Å². The maximum atomic E-state index is 12.1. The highest BCUT2D eigenvalue weighted by atomic mass is 32.2. The standard InChI is InChI=1S/C15H25N5O2S/c1-4-20-12(10-19-9-7-5-6-8-13(19)21)17-18-15(20)23-11(2)14(22)16-3/h11H,4-10H2,1-3H3,(H,16,22)/t11-/m1/s1. The summed E-state index contributed by atoms with van der Waals surface area (Å²) in [6.07, 6.45) is 3.74. The molecule has 1 aromatic rings. The van der Waals surface area contributed by atoms with Crippen LogP contribution in [0, 0.1) is 0 Å². The number of nitrogens with zero attached hydrogens (tertiary/aromatic N) is 4. The van der Waals surface area contributed by atoms with E-state index < -0.39 is 0 Å². The molecule has 0 radical (unpaired) electrons. The van der Waals surface area contributed by atoms with Crippen molar-refractivity contribution in [3.05, 3.63) is 5.82 Å². The van der Waals surface area contributed by atoms with Crippen molar-refractivity contribution in [2.24, 2.45) is 0 Å². The molecule has 1 N–H and O–H groups in total. The Bertz CT molecular complexity index is 560. The van der Waals surface area contributed by atoms with Crippen LogP contribution in [0.3, 0.4) is 0 Å². The van der Waals surface area contributed by atoms with Crippen LogP contribution in [0.25, 0.3) is 0 Å². The summed E-state index contributed by atoms with van der Waals surface area (Å²) in [5.41, 5.74) is 0.